The predicted molar refractivity (Wildman–Crippen MR) is 122 cm³/mol. The van der Waals surface area contributed by atoms with E-state index >= 15 is 0 Å². The third kappa shape index (κ3) is 5.96. The third-order valence-electron chi connectivity index (χ3n) is 3.84. The highest BCUT2D eigenvalue weighted by Gasteiger charge is 2.12. The molecule has 12 heteroatoms. The molecule has 0 radical (unpaired) electrons. The molecule has 0 saturated carbocycles. The maximum absolute atomic E-state index is 12.2. The molecular formula is C19H16N6O3S3. The number of anilines is 2. The third-order valence-corrected chi connectivity index (χ3v) is 6.57. The predicted octanol–water partition coefficient (Wildman–Crippen LogP) is 3.60. The summed E-state index contributed by atoms with van der Waals surface area (Å²) in [7, 11) is 0. The van der Waals surface area contributed by atoms with Gasteiger partial charge in [-0.25, -0.2) is 0 Å². The number of fused-ring (bicyclic) bond motifs is 1. The molecule has 2 N–H and O–H groups in total. The SMILES string of the molecule is Cc1nnc(NC(=O)CSc2nnc(NC(=O)COc3ccc4ccccc4c3)s2)s1. The molecule has 0 aliphatic heterocycles. The molecule has 0 saturated heterocycles. The Morgan fingerprint density at radius 1 is 0.935 bits per heavy atom. The number of rotatable bonds is 8. The summed E-state index contributed by atoms with van der Waals surface area (Å²) in [5.74, 6) is 0.196. The number of carbonyl (C=O) groups is 2. The van der Waals surface area contributed by atoms with Gasteiger partial charge in [-0.3, -0.25) is 20.2 Å². The quantitative estimate of drug-likeness (QED) is 0.295. The molecule has 0 fully saturated rings. The van der Waals surface area contributed by atoms with Gasteiger partial charge in [0.1, 0.15) is 10.8 Å². The highest BCUT2D eigenvalue weighted by molar-refractivity contribution is 8.01. The zero-order valence-electron chi connectivity index (χ0n) is 16.2. The minimum atomic E-state index is -0.342. The number of thioether (sulfide) groups is 1. The summed E-state index contributed by atoms with van der Waals surface area (Å²) in [6.07, 6.45) is 0. The van der Waals surface area contributed by atoms with Gasteiger partial charge in [0, 0.05) is 0 Å². The van der Waals surface area contributed by atoms with E-state index in [0.717, 1.165) is 15.8 Å². The smallest absolute Gasteiger partial charge is 0.264 e. The van der Waals surface area contributed by atoms with Crippen molar-refractivity contribution in [2.45, 2.75) is 11.3 Å². The van der Waals surface area contributed by atoms with Gasteiger partial charge in [0.25, 0.3) is 5.91 Å². The lowest BCUT2D eigenvalue weighted by Gasteiger charge is -2.06. The van der Waals surface area contributed by atoms with Gasteiger partial charge in [-0.2, -0.15) is 0 Å². The van der Waals surface area contributed by atoms with Crippen molar-refractivity contribution in [2.24, 2.45) is 0 Å². The Kier molecular flexibility index (Phi) is 6.70. The number of amides is 2. The minimum Gasteiger partial charge on any atom is -0.484 e. The van der Waals surface area contributed by atoms with Crippen LogP contribution in [-0.4, -0.2) is 44.6 Å². The van der Waals surface area contributed by atoms with E-state index < -0.39 is 0 Å². The number of nitrogens with one attached hydrogen (secondary N) is 2. The standard InChI is InChI=1S/C19H16N6O3S3/c1-11-22-23-17(30-11)21-16(27)10-29-19-25-24-18(31-19)20-15(26)9-28-14-7-6-12-4-2-3-5-13(12)8-14/h2-8H,9-10H2,1H3,(H,20,24,26)(H,21,23,27). The summed E-state index contributed by atoms with van der Waals surface area (Å²) in [4.78, 5) is 24.1. The fourth-order valence-electron chi connectivity index (χ4n) is 2.51. The number of hydrogen-bond acceptors (Lipinski definition) is 10. The Hall–Kier alpha value is -3.09. The topological polar surface area (TPSA) is 119 Å². The first-order chi connectivity index (χ1) is 15.0. The van der Waals surface area contributed by atoms with Gasteiger partial charge >= 0.3 is 0 Å². The molecule has 2 aromatic heterocycles. The molecule has 0 bridgehead atoms. The van der Waals surface area contributed by atoms with Crippen molar-refractivity contribution in [1.29, 1.82) is 0 Å². The fourth-order valence-corrected chi connectivity index (χ4v) is 4.69. The molecular weight excluding hydrogens is 456 g/mol. The van der Waals surface area contributed by atoms with Crippen molar-refractivity contribution in [2.75, 3.05) is 23.0 Å². The van der Waals surface area contributed by atoms with Crippen LogP contribution in [0, 0.1) is 6.92 Å². The molecule has 0 aliphatic rings. The molecule has 9 nitrogen and oxygen atoms in total. The van der Waals surface area contributed by atoms with Crippen molar-refractivity contribution >= 4 is 67.3 Å². The molecule has 158 valence electrons. The van der Waals surface area contributed by atoms with E-state index in [2.05, 4.69) is 31.0 Å². The maximum Gasteiger partial charge on any atom is 0.264 e. The number of hydrogen-bond donors (Lipinski definition) is 2. The molecule has 4 rings (SSSR count). The number of ether oxygens (including phenoxy) is 1. The van der Waals surface area contributed by atoms with Crippen molar-refractivity contribution in [3.63, 3.8) is 0 Å². The van der Waals surface area contributed by atoms with E-state index in [1.165, 1.54) is 34.4 Å². The number of aryl methyl sites for hydroxylation is 1. The van der Waals surface area contributed by atoms with Crippen molar-refractivity contribution in [1.82, 2.24) is 20.4 Å². The molecule has 2 heterocycles. The lowest BCUT2D eigenvalue weighted by Crippen LogP contribution is -2.20. The summed E-state index contributed by atoms with van der Waals surface area (Å²) in [6.45, 7) is 1.66. The van der Waals surface area contributed by atoms with E-state index in [-0.39, 0.29) is 24.2 Å². The largest absolute Gasteiger partial charge is 0.484 e. The Morgan fingerprint density at radius 3 is 2.48 bits per heavy atom. The Morgan fingerprint density at radius 2 is 1.68 bits per heavy atom. The van der Waals surface area contributed by atoms with Crippen molar-refractivity contribution in [3.8, 4) is 5.75 Å². The summed E-state index contributed by atoms with van der Waals surface area (Å²) in [6, 6.07) is 13.6. The lowest BCUT2D eigenvalue weighted by molar-refractivity contribution is -0.118. The molecule has 0 spiro atoms. The first kappa shape index (κ1) is 21.2. The van der Waals surface area contributed by atoms with Gasteiger partial charge in [0.2, 0.25) is 16.2 Å². The zero-order chi connectivity index (χ0) is 21.6. The molecule has 2 aromatic carbocycles. The van der Waals surface area contributed by atoms with E-state index in [1.54, 1.807) is 0 Å². The molecule has 0 atom stereocenters. The lowest BCUT2D eigenvalue weighted by atomic mass is 10.1. The van der Waals surface area contributed by atoms with Gasteiger partial charge in [0.05, 0.1) is 5.75 Å². The molecule has 0 unspecified atom stereocenters. The van der Waals surface area contributed by atoms with Crippen LogP contribution in [-0.2, 0) is 9.59 Å². The van der Waals surface area contributed by atoms with E-state index in [0.29, 0.717) is 20.4 Å². The first-order valence-corrected chi connectivity index (χ1v) is 11.6. The average Bonchev–Trinajstić information content (AvgIpc) is 3.39. The van der Waals surface area contributed by atoms with E-state index in [1.807, 2.05) is 49.4 Å². The second-order valence-electron chi connectivity index (χ2n) is 6.18. The van der Waals surface area contributed by atoms with Crippen LogP contribution in [0.5, 0.6) is 5.75 Å². The zero-order valence-corrected chi connectivity index (χ0v) is 18.6. The first-order valence-electron chi connectivity index (χ1n) is 9.03. The van der Waals surface area contributed by atoms with Gasteiger partial charge in [-0.05, 0) is 29.8 Å². The van der Waals surface area contributed by atoms with Crippen LogP contribution in [0.15, 0.2) is 46.8 Å². The van der Waals surface area contributed by atoms with Crippen LogP contribution in [0.4, 0.5) is 10.3 Å². The van der Waals surface area contributed by atoms with Gasteiger partial charge in [-0.1, -0.05) is 64.8 Å². The highest BCUT2D eigenvalue weighted by atomic mass is 32.2. The number of aromatic nitrogens is 4. The van der Waals surface area contributed by atoms with Crippen LogP contribution >= 0.6 is 34.4 Å². The van der Waals surface area contributed by atoms with Gasteiger partial charge in [-0.15, -0.1) is 20.4 Å². The van der Waals surface area contributed by atoms with Crippen LogP contribution in [0.25, 0.3) is 10.8 Å². The number of carbonyl (C=O) groups excluding carboxylic acids is 2. The van der Waals surface area contributed by atoms with E-state index in [4.69, 9.17) is 4.74 Å². The monoisotopic (exact) mass is 472 g/mol. The second kappa shape index (κ2) is 9.81. The molecule has 2 amide bonds. The van der Waals surface area contributed by atoms with Crippen molar-refractivity contribution in [3.05, 3.63) is 47.5 Å². The van der Waals surface area contributed by atoms with Crippen LogP contribution in [0.2, 0.25) is 0 Å². The second-order valence-corrected chi connectivity index (χ2v) is 9.56. The summed E-state index contributed by atoms with van der Waals surface area (Å²) in [5, 5.41) is 24.6. The normalized spacial score (nSPS) is 10.7. The minimum absolute atomic E-state index is 0.145. The summed E-state index contributed by atoms with van der Waals surface area (Å²) < 4.78 is 6.13. The Bertz CT molecular complexity index is 1230. The molecule has 4 aromatic rings. The van der Waals surface area contributed by atoms with E-state index in [9.17, 15) is 9.59 Å². The molecule has 31 heavy (non-hydrogen) atoms. The Labute approximate surface area is 189 Å². The van der Waals surface area contributed by atoms with Crippen LogP contribution in [0.1, 0.15) is 5.01 Å². The van der Waals surface area contributed by atoms with Crippen LogP contribution in [0.3, 0.4) is 0 Å². The Balaban J connectivity index is 1.23. The molecule has 0 aliphatic carbocycles. The summed E-state index contributed by atoms with van der Waals surface area (Å²) >= 11 is 3.71. The average molecular weight is 473 g/mol. The van der Waals surface area contributed by atoms with Crippen molar-refractivity contribution < 1.29 is 14.3 Å². The number of nitrogens with zero attached hydrogens (tertiary/aromatic N) is 4. The highest BCUT2D eigenvalue weighted by Crippen LogP contribution is 2.26. The fraction of sp³-hybridized carbons (Fsp3) is 0.158. The maximum atomic E-state index is 12.2. The van der Waals surface area contributed by atoms with Crippen LogP contribution < -0.4 is 15.4 Å². The van der Waals surface area contributed by atoms with Gasteiger partial charge in [0.15, 0.2) is 10.9 Å². The summed E-state index contributed by atoms with van der Waals surface area (Å²) in [5.41, 5.74) is 0. The number of benzene rings is 2. The van der Waals surface area contributed by atoms with Gasteiger partial charge < -0.3 is 4.74 Å².